The molecule has 2 rings (SSSR count). The van der Waals surface area contributed by atoms with E-state index in [4.69, 9.17) is 0 Å². The maximum absolute atomic E-state index is 12.2. The fraction of sp³-hybridized carbons (Fsp3) is 0.562. The molecule has 1 atom stereocenters. The van der Waals surface area contributed by atoms with Gasteiger partial charge in [-0.25, -0.2) is 0 Å². The molecule has 0 saturated carbocycles. The van der Waals surface area contributed by atoms with Crippen molar-refractivity contribution in [2.24, 2.45) is 0 Å². The van der Waals surface area contributed by atoms with Crippen LogP contribution in [0.1, 0.15) is 42.1 Å². The van der Waals surface area contributed by atoms with Gasteiger partial charge in [-0.1, -0.05) is 38.1 Å². The second kappa shape index (κ2) is 6.31. The molecule has 104 valence electrons. The Hall–Kier alpha value is -1.19. The molecule has 1 N–H and O–H groups in total. The SMILES string of the molecule is CC(C)c1ccc(C(=O)CC2CN(C)CCN2)cc1. The van der Waals surface area contributed by atoms with Gasteiger partial charge in [0.2, 0.25) is 0 Å². The van der Waals surface area contributed by atoms with Crippen LogP contribution >= 0.6 is 0 Å². The lowest BCUT2D eigenvalue weighted by molar-refractivity contribution is 0.0952. The largest absolute Gasteiger partial charge is 0.311 e. The molecular formula is C16H24N2O. The van der Waals surface area contributed by atoms with Crippen molar-refractivity contribution in [3.8, 4) is 0 Å². The van der Waals surface area contributed by atoms with Gasteiger partial charge in [-0.3, -0.25) is 4.79 Å². The van der Waals surface area contributed by atoms with Crippen LogP contribution in [-0.4, -0.2) is 43.4 Å². The number of hydrogen-bond acceptors (Lipinski definition) is 3. The topological polar surface area (TPSA) is 32.3 Å². The van der Waals surface area contributed by atoms with E-state index in [-0.39, 0.29) is 11.8 Å². The van der Waals surface area contributed by atoms with Crippen molar-refractivity contribution in [3.63, 3.8) is 0 Å². The molecule has 0 radical (unpaired) electrons. The first-order valence-corrected chi connectivity index (χ1v) is 7.11. The maximum atomic E-state index is 12.2. The zero-order valence-corrected chi connectivity index (χ0v) is 12.1. The molecule has 0 amide bonds. The summed E-state index contributed by atoms with van der Waals surface area (Å²) in [5.41, 5.74) is 2.12. The Balaban J connectivity index is 1.95. The van der Waals surface area contributed by atoms with Crippen molar-refractivity contribution in [2.75, 3.05) is 26.7 Å². The van der Waals surface area contributed by atoms with E-state index in [9.17, 15) is 4.79 Å². The Bertz CT molecular complexity index is 425. The van der Waals surface area contributed by atoms with Crippen molar-refractivity contribution in [2.45, 2.75) is 32.2 Å². The standard InChI is InChI=1S/C16H24N2O/c1-12(2)13-4-6-14(7-5-13)16(19)10-15-11-18(3)9-8-17-15/h4-7,12,15,17H,8-11H2,1-3H3. The predicted molar refractivity (Wildman–Crippen MR) is 78.8 cm³/mol. The third kappa shape index (κ3) is 3.88. The Morgan fingerprint density at radius 1 is 1.37 bits per heavy atom. The molecule has 1 fully saturated rings. The van der Waals surface area contributed by atoms with Crippen molar-refractivity contribution in [1.82, 2.24) is 10.2 Å². The number of carbonyl (C=O) groups excluding carboxylic acids is 1. The monoisotopic (exact) mass is 260 g/mol. The number of hydrogen-bond donors (Lipinski definition) is 1. The molecule has 1 heterocycles. The second-order valence-electron chi connectivity index (χ2n) is 5.82. The molecule has 3 nitrogen and oxygen atoms in total. The van der Waals surface area contributed by atoms with Gasteiger partial charge in [-0.2, -0.15) is 0 Å². The number of ketones is 1. The van der Waals surface area contributed by atoms with Gasteiger partial charge in [-0.05, 0) is 18.5 Å². The predicted octanol–water partition coefficient (Wildman–Crippen LogP) is 2.29. The molecule has 0 aliphatic carbocycles. The number of rotatable bonds is 4. The Morgan fingerprint density at radius 2 is 2.05 bits per heavy atom. The second-order valence-corrected chi connectivity index (χ2v) is 5.82. The summed E-state index contributed by atoms with van der Waals surface area (Å²) in [6, 6.07) is 8.35. The number of nitrogens with one attached hydrogen (secondary N) is 1. The molecule has 1 aliphatic heterocycles. The summed E-state index contributed by atoms with van der Waals surface area (Å²) in [5, 5.41) is 3.42. The summed E-state index contributed by atoms with van der Waals surface area (Å²) < 4.78 is 0. The van der Waals surface area contributed by atoms with Gasteiger partial charge in [0, 0.05) is 37.7 Å². The maximum Gasteiger partial charge on any atom is 0.164 e. The molecule has 1 saturated heterocycles. The number of Topliss-reactive ketones (excluding diaryl/α,β-unsaturated/α-hetero) is 1. The number of piperazine rings is 1. The fourth-order valence-electron chi connectivity index (χ4n) is 2.52. The van der Waals surface area contributed by atoms with Gasteiger partial charge in [0.15, 0.2) is 5.78 Å². The molecule has 1 unspecified atom stereocenters. The molecule has 0 aromatic heterocycles. The third-order valence-corrected chi connectivity index (χ3v) is 3.79. The zero-order chi connectivity index (χ0) is 13.8. The first-order chi connectivity index (χ1) is 9.06. The average Bonchev–Trinajstić information content (AvgIpc) is 2.39. The van der Waals surface area contributed by atoms with E-state index < -0.39 is 0 Å². The van der Waals surface area contributed by atoms with Crippen LogP contribution in [0, 0.1) is 0 Å². The third-order valence-electron chi connectivity index (χ3n) is 3.79. The minimum absolute atomic E-state index is 0.239. The van der Waals surface area contributed by atoms with Gasteiger partial charge < -0.3 is 10.2 Å². The summed E-state index contributed by atoms with van der Waals surface area (Å²) in [7, 11) is 2.11. The molecule has 0 bridgehead atoms. The van der Waals surface area contributed by atoms with Gasteiger partial charge in [0.1, 0.15) is 0 Å². The number of carbonyl (C=O) groups is 1. The first-order valence-electron chi connectivity index (χ1n) is 7.11. The van der Waals surface area contributed by atoms with E-state index in [2.05, 4.69) is 43.2 Å². The lowest BCUT2D eigenvalue weighted by atomic mass is 9.98. The van der Waals surface area contributed by atoms with E-state index in [1.807, 2.05) is 12.1 Å². The lowest BCUT2D eigenvalue weighted by Gasteiger charge is -2.30. The van der Waals surface area contributed by atoms with Crippen molar-refractivity contribution >= 4 is 5.78 Å². The van der Waals surface area contributed by atoms with Crippen LogP contribution in [0.4, 0.5) is 0 Å². The highest BCUT2D eigenvalue weighted by Crippen LogP contribution is 2.16. The van der Waals surface area contributed by atoms with Gasteiger partial charge in [0.05, 0.1) is 0 Å². The highest BCUT2D eigenvalue weighted by Gasteiger charge is 2.20. The van der Waals surface area contributed by atoms with Crippen molar-refractivity contribution < 1.29 is 4.79 Å². The van der Waals surface area contributed by atoms with E-state index in [0.717, 1.165) is 25.2 Å². The molecule has 3 heteroatoms. The quantitative estimate of drug-likeness (QED) is 0.843. The fourth-order valence-corrected chi connectivity index (χ4v) is 2.52. The first kappa shape index (κ1) is 14.2. The summed E-state index contributed by atoms with van der Waals surface area (Å²) in [5.74, 6) is 0.751. The Kier molecular flexibility index (Phi) is 4.72. The lowest BCUT2D eigenvalue weighted by Crippen LogP contribution is -2.49. The molecule has 1 aromatic carbocycles. The highest BCUT2D eigenvalue weighted by atomic mass is 16.1. The highest BCUT2D eigenvalue weighted by molar-refractivity contribution is 5.96. The van der Waals surface area contributed by atoms with Crippen molar-refractivity contribution in [1.29, 1.82) is 0 Å². The number of benzene rings is 1. The summed E-state index contributed by atoms with van der Waals surface area (Å²) in [6.07, 6.45) is 0.589. The van der Waals surface area contributed by atoms with E-state index in [1.54, 1.807) is 0 Å². The van der Waals surface area contributed by atoms with E-state index in [0.29, 0.717) is 12.3 Å². The minimum atomic E-state index is 0.239. The summed E-state index contributed by atoms with van der Waals surface area (Å²) in [4.78, 5) is 14.5. The minimum Gasteiger partial charge on any atom is -0.311 e. The molecule has 0 spiro atoms. The Labute approximate surface area is 116 Å². The molecular weight excluding hydrogens is 236 g/mol. The molecule has 19 heavy (non-hydrogen) atoms. The van der Waals surface area contributed by atoms with Gasteiger partial charge in [-0.15, -0.1) is 0 Å². The van der Waals surface area contributed by atoms with Crippen LogP contribution in [0.15, 0.2) is 24.3 Å². The van der Waals surface area contributed by atoms with Crippen LogP contribution < -0.4 is 5.32 Å². The smallest absolute Gasteiger partial charge is 0.164 e. The average molecular weight is 260 g/mol. The van der Waals surface area contributed by atoms with Crippen LogP contribution in [-0.2, 0) is 0 Å². The van der Waals surface area contributed by atoms with Crippen LogP contribution in [0.3, 0.4) is 0 Å². The van der Waals surface area contributed by atoms with Crippen LogP contribution in [0.2, 0.25) is 0 Å². The zero-order valence-electron chi connectivity index (χ0n) is 12.1. The van der Waals surface area contributed by atoms with Crippen LogP contribution in [0.5, 0.6) is 0 Å². The van der Waals surface area contributed by atoms with Gasteiger partial charge >= 0.3 is 0 Å². The van der Waals surface area contributed by atoms with E-state index >= 15 is 0 Å². The number of likely N-dealkylation sites (N-methyl/N-ethyl adjacent to an activating group) is 1. The van der Waals surface area contributed by atoms with Gasteiger partial charge in [0.25, 0.3) is 0 Å². The Morgan fingerprint density at radius 3 is 2.63 bits per heavy atom. The van der Waals surface area contributed by atoms with Crippen molar-refractivity contribution in [3.05, 3.63) is 35.4 Å². The van der Waals surface area contributed by atoms with Crippen LogP contribution in [0.25, 0.3) is 0 Å². The van der Waals surface area contributed by atoms with E-state index in [1.165, 1.54) is 5.56 Å². The number of nitrogens with zero attached hydrogens (tertiary/aromatic N) is 1. The normalized spacial score (nSPS) is 20.7. The summed E-state index contributed by atoms with van der Waals surface area (Å²) in [6.45, 7) is 7.32. The molecule has 1 aromatic rings. The molecule has 1 aliphatic rings. The summed E-state index contributed by atoms with van der Waals surface area (Å²) >= 11 is 0.